The van der Waals surface area contributed by atoms with Gasteiger partial charge < -0.3 is 10.1 Å². The van der Waals surface area contributed by atoms with E-state index in [0.29, 0.717) is 35.3 Å². The van der Waals surface area contributed by atoms with E-state index in [1.165, 1.54) is 11.6 Å². The number of carbonyl (C=O) groups excluding carboxylic acids is 1. The van der Waals surface area contributed by atoms with Crippen LogP contribution in [0.2, 0.25) is 0 Å². The van der Waals surface area contributed by atoms with E-state index in [1.54, 1.807) is 19.2 Å². The molecule has 10 heteroatoms. The van der Waals surface area contributed by atoms with E-state index in [4.69, 9.17) is 4.74 Å². The molecule has 9 nitrogen and oxygen atoms in total. The fourth-order valence-corrected chi connectivity index (χ4v) is 3.92. The van der Waals surface area contributed by atoms with Crippen molar-refractivity contribution in [2.45, 2.75) is 31.7 Å². The molecule has 3 rings (SSSR count). The summed E-state index contributed by atoms with van der Waals surface area (Å²) in [6, 6.07) is 7.19. The van der Waals surface area contributed by atoms with Crippen LogP contribution in [-0.2, 0) is 25.3 Å². The van der Waals surface area contributed by atoms with E-state index in [9.17, 15) is 14.4 Å². The van der Waals surface area contributed by atoms with Gasteiger partial charge in [0.1, 0.15) is 22.0 Å². The summed E-state index contributed by atoms with van der Waals surface area (Å²) in [4.78, 5) is 46.6. The van der Waals surface area contributed by atoms with Crippen LogP contribution in [0.1, 0.15) is 26.1 Å². The summed E-state index contributed by atoms with van der Waals surface area (Å²) in [6.45, 7) is 4.35. The summed E-state index contributed by atoms with van der Waals surface area (Å²) in [5, 5.41) is 3.45. The third kappa shape index (κ3) is 4.79. The van der Waals surface area contributed by atoms with Crippen LogP contribution in [0.15, 0.2) is 38.9 Å². The van der Waals surface area contributed by atoms with Gasteiger partial charge in [-0.3, -0.25) is 18.7 Å². The fourth-order valence-electron chi connectivity index (χ4n) is 3.08. The summed E-state index contributed by atoms with van der Waals surface area (Å²) in [5.74, 6) is 0.889. The van der Waals surface area contributed by atoms with Gasteiger partial charge >= 0.3 is 5.69 Å². The Hall–Kier alpha value is -3.14. The summed E-state index contributed by atoms with van der Waals surface area (Å²) in [7, 11) is 2.98. The molecule has 0 saturated heterocycles. The molecule has 0 aliphatic carbocycles. The second-order valence-corrected chi connectivity index (χ2v) is 7.83. The van der Waals surface area contributed by atoms with Crippen molar-refractivity contribution >= 4 is 34.4 Å². The van der Waals surface area contributed by atoms with Gasteiger partial charge in [-0.05, 0) is 25.5 Å². The van der Waals surface area contributed by atoms with Crippen LogP contribution >= 0.6 is 11.8 Å². The molecule has 0 radical (unpaired) electrons. The monoisotopic (exact) mass is 443 g/mol. The summed E-state index contributed by atoms with van der Waals surface area (Å²) < 4.78 is 7.89. The number of benzene rings is 1. The quantitative estimate of drug-likeness (QED) is 0.420. The second-order valence-electron chi connectivity index (χ2n) is 6.87. The molecule has 1 N–H and O–H groups in total. The van der Waals surface area contributed by atoms with E-state index in [1.807, 2.05) is 26.0 Å². The number of hydrogen-bond donors (Lipinski definition) is 1. The predicted molar refractivity (Wildman–Crippen MR) is 121 cm³/mol. The molecule has 164 valence electrons. The molecule has 1 amide bonds. The molecular weight excluding hydrogens is 418 g/mol. The van der Waals surface area contributed by atoms with Crippen LogP contribution in [-0.4, -0.2) is 37.4 Å². The van der Waals surface area contributed by atoms with Gasteiger partial charge in [0, 0.05) is 20.5 Å². The van der Waals surface area contributed by atoms with Crippen molar-refractivity contribution in [3.63, 3.8) is 0 Å². The molecule has 2 aromatic heterocycles. The fraction of sp³-hybridized carbons (Fsp3) is 0.381. The number of hydrogen-bond acceptors (Lipinski definition) is 7. The number of aromatic nitrogens is 4. The lowest BCUT2D eigenvalue weighted by atomic mass is 10.3. The van der Waals surface area contributed by atoms with Crippen LogP contribution in [0.3, 0.4) is 0 Å². The summed E-state index contributed by atoms with van der Waals surface area (Å²) in [6.07, 6.45) is 1.41. The van der Waals surface area contributed by atoms with Gasteiger partial charge in [-0.25, -0.2) is 14.8 Å². The van der Waals surface area contributed by atoms with Gasteiger partial charge in [-0.1, -0.05) is 30.8 Å². The number of anilines is 1. The molecule has 0 unspecified atom stereocenters. The number of ether oxygens (including phenoxy) is 1. The number of nitrogens with zero attached hydrogens (tertiary/aromatic N) is 4. The van der Waals surface area contributed by atoms with Gasteiger partial charge in [0.15, 0.2) is 5.65 Å². The number of rotatable bonds is 8. The zero-order chi connectivity index (χ0) is 22.5. The number of aryl methyl sites for hydroxylation is 2. The lowest BCUT2D eigenvalue weighted by Crippen LogP contribution is -2.38. The van der Waals surface area contributed by atoms with E-state index in [-0.39, 0.29) is 22.7 Å². The highest BCUT2D eigenvalue weighted by molar-refractivity contribution is 8.00. The van der Waals surface area contributed by atoms with E-state index >= 15 is 0 Å². The van der Waals surface area contributed by atoms with Crippen LogP contribution < -0.4 is 21.3 Å². The highest BCUT2D eigenvalue weighted by atomic mass is 32.2. The first-order valence-corrected chi connectivity index (χ1v) is 11.0. The molecule has 2 heterocycles. The average molecular weight is 444 g/mol. The molecule has 0 saturated carbocycles. The minimum Gasteiger partial charge on any atom is -0.492 e. The minimum absolute atomic E-state index is 0.0319. The van der Waals surface area contributed by atoms with Crippen LogP contribution in [0.25, 0.3) is 11.0 Å². The number of carbonyl (C=O) groups is 1. The lowest BCUT2D eigenvalue weighted by molar-refractivity contribution is -0.113. The molecule has 0 fully saturated rings. The zero-order valence-corrected chi connectivity index (χ0v) is 18.8. The van der Waals surface area contributed by atoms with Crippen molar-refractivity contribution in [3.05, 3.63) is 50.9 Å². The third-order valence-corrected chi connectivity index (χ3v) is 5.56. The van der Waals surface area contributed by atoms with Crippen LogP contribution in [0.5, 0.6) is 5.75 Å². The Balaban J connectivity index is 1.93. The van der Waals surface area contributed by atoms with E-state index < -0.39 is 11.2 Å². The highest BCUT2D eigenvalue weighted by Gasteiger charge is 2.18. The van der Waals surface area contributed by atoms with Crippen LogP contribution in [0.4, 0.5) is 5.69 Å². The molecule has 0 aliphatic heterocycles. The molecule has 0 spiro atoms. The molecule has 0 aliphatic rings. The van der Waals surface area contributed by atoms with Crippen molar-refractivity contribution in [3.8, 4) is 5.75 Å². The number of amides is 1. The summed E-state index contributed by atoms with van der Waals surface area (Å²) >= 11 is 1.14. The Morgan fingerprint density at radius 2 is 1.87 bits per heavy atom. The minimum atomic E-state index is -0.481. The maximum absolute atomic E-state index is 12.8. The number of thioether (sulfide) groups is 1. The Labute approximate surface area is 183 Å². The molecular formula is C21H25N5O4S. The Bertz CT molecular complexity index is 1230. The van der Waals surface area contributed by atoms with Crippen molar-refractivity contribution in [1.29, 1.82) is 0 Å². The standard InChI is InChI=1S/C21H25N5O4S/c1-5-9-15-23-18-17(20(28)26(4)21(29)25(18)3)19(24-15)31-12-16(27)22-13-10-7-8-11-14(13)30-6-2/h7-8,10-11H,5-6,9,12H2,1-4H3,(H,22,27). The molecule has 3 aromatic rings. The predicted octanol–water partition coefficient (Wildman–Crippen LogP) is 2.11. The number of fused-ring (bicyclic) bond motifs is 1. The van der Waals surface area contributed by atoms with Crippen molar-refractivity contribution < 1.29 is 9.53 Å². The SMILES string of the molecule is CCCc1nc(SCC(=O)Nc2ccccc2OCC)c2c(=O)n(C)c(=O)n(C)c2n1. The largest absolute Gasteiger partial charge is 0.492 e. The molecule has 0 atom stereocenters. The van der Waals surface area contributed by atoms with Crippen molar-refractivity contribution in [2.75, 3.05) is 17.7 Å². The first-order valence-electron chi connectivity index (χ1n) is 9.98. The number of nitrogens with one attached hydrogen (secondary N) is 1. The highest BCUT2D eigenvalue weighted by Crippen LogP contribution is 2.26. The third-order valence-electron chi connectivity index (χ3n) is 4.59. The zero-order valence-electron chi connectivity index (χ0n) is 18.0. The molecule has 0 bridgehead atoms. The Morgan fingerprint density at radius 3 is 2.58 bits per heavy atom. The van der Waals surface area contributed by atoms with Crippen LogP contribution in [0, 0.1) is 0 Å². The van der Waals surface area contributed by atoms with E-state index in [0.717, 1.165) is 22.7 Å². The second kappa shape index (κ2) is 9.78. The maximum Gasteiger partial charge on any atom is 0.332 e. The first-order chi connectivity index (χ1) is 14.9. The topological polar surface area (TPSA) is 108 Å². The summed E-state index contributed by atoms with van der Waals surface area (Å²) in [5.41, 5.74) is -0.0887. The Kier molecular flexibility index (Phi) is 7.11. The smallest absolute Gasteiger partial charge is 0.332 e. The van der Waals surface area contributed by atoms with E-state index in [2.05, 4.69) is 15.3 Å². The van der Waals surface area contributed by atoms with Gasteiger partial charge in [0.25, 0.3) is 5.56 Å². The van der Waals surface area contributed by atoms with Gasteiger partial charge in [0.2, 0.25) is 5.91 Å². The van der Waals surface area contributed by atoms with Gasteiger partial charge in [0.05, 0.1) is 18.0 Å². The van der Waals surface area contributed by atoms with Crippen molar-refractivity contribution in [1.82, 2.24) is 19.1 Å². The maximum atomic E-state index is 12.8. The Morgan fingerprint density at radius 1 is 1.13 bits per heavy atom. The van der Waals surface area contributed by atoms with Gasteiger partial charge in [-0.2, -0.15) is 0 Å². The van der Waals surface area contributed by atoms with Crippen molar-refractivity contribution in [2.24, 2.45) is 14.1 Å². The number of para-hydroxylation sites is 2. The molecule has 31 heavy (non-hydrogen) atoms. The normalized spacial score (nSPS) is 11.0. The lowest BCUT2D eigenvalue weighted by Gasteiger charge is -2.13. The molecule has 1 aromatic carbocycles. The first kappa shape index (κ1) is 22.5. The average Bonchev–Trinajstić information content (AvgIpc) is 2.76. The van der Waals surface area contributed by atoms with Gasteiger partial charge in [-0.15, -0.1) is 0 Å².